The van der Waals surface area contributed by atoms with Gasteiger partial charge in [-0.05, 0) is 42.6 Å². The first-order chi connectivity index (χ1) is 11.4. The SMILES string of the molecule is OC1(c2cccc(C(F)(F)F)c2)CCCN(Cc2ccccc2)C1. The van der Waals surface area contributed by atoms with Gasteiger partial charge in [0.05, 0.1) is 5.56 Å². The lowest BCUT2D eigenvalue weighted by Gasteiger charge is -2.39. The van der Waals surface area contributed by atoms with Crippen molar-refractivity contribution in [3.05, 3.63) is 71.3 Å². The molecule has 128 valence electrons. The molecule has 0 spiro atoms. The van der Waals surface area contributed by atoms with Crippen LogP contribution in [0, 0.1) is 0 Å². The van der Waals surface area contributed by atoms with Crippen molar-refractivity contribution in [1.29, 1.82) is 0 Å². The molecule has 1 heterocycles. The Kier molecular flexibility index (Phi) is 4.65. The van der Waals surface area contributed by atoms with Crippen LogP contribution in [0.5, 0.6) is 0 Å². The third-order valence-electron chi connectivity index (χ3n) is 4.53. The third kappa shape index (κ3) is 3.79. The summed E-state index contributed by atoms with van der Waals surface area (Å²) in [6, 6.07) is 14.9. The maximum atomic E-state index is 12.9. The van der Waals surface area contributed by atoms with Crippen LogP contribution >= 0.6 is 0 Å². The smallest absolute Gasteiger partial charge is 0.384 e. The maximum Gasteiger partial charge on any atom is 0.416 e. The van der Waals surface area contributed by atoms with Gasteiger partial charge in [-0.3, -0.25) is 4.90 Å². The zero-order valence-corrected chi connectivity index (χ0v) is 13.3. The standard InChI is InChI=1S/C19H20F3NO/c20-19(21,22)17-9-4-8-16(12-17)18(24)10-5-11-23(14-18)13-15-6-2-1-3-7-15/h1-4,6-9,12,24H,5,10-11,13-14H2. The lowest BCUT2D eigenvalue weighted by Crippen LogP contribution is -2.45. The van der Waals surface area contributed by atoms with Crippen LogP contribution in [0.25, 0.3) is 0 Å². The fourth-order valence-electron chi connectivity index (χ4n) is 3.32. The van der Waals surface area contributed by atoms with E-state index in [2.05, 4.69) is 4.90 Å². The van der Waals surface area contributed by atoms with E-state index in [0.29, 0.717) is 25.1 Å². The molecule has 2 aromatic carbocycles. The van der Waals surface area contributed by atoms with Gasteiger partial charge in [-0.2, -0.15) is 13.2 Å². The molecule has 0 aliphatic carbocycles. The molecule has 0 radical (unpaired) electrons. The fourth-order valence-corrected chi connectivity index (χ4v) is 3.32. The highest BCUT2D eigenvalue weighted by molar-refractivity contribution is 5.31. The molecular weight excluding hydrogens is 315 g/mol. The Balaban J connectivity index is 1.79. The average Bonchev–Trinajstić information content (AvgIpc) is 2.55. The number of rotatable bonds is 3. The zero-order chi connectivity index (χ0) is 17.2. The minimum Gasteiger partial charge on any atom is -0.384 e. The molecule has 1 aliphatic rings. The van der Waals surface area contributed by atoms with Crippen molar-refractivity contribution in [3.8, 4) is 0 Å². The first kappa shape index (κ1) is 17.0. The summed E-state index contributed by atoms with van der Waals surface area (Å²) in [6.07, 6.45) is -3.18. The third-order valence-corrected chi connectivity index (χ3v) is 4.53. The second kappa shape index (κ2) is 6.57. The van der Waals surface area contributed by atoms with Crippen molar-refractivity contribution in [1.82, 2.24) is 4.90 Å². The molecule has 0 bridgehead atoms. The van der Waals surface area contributed by atoms with E-state index in [9.17, 15) is 18.3 Å². The van der Waals surface area contributed by atoms with Crippen molar-refractivity contribution < 1.29 is 18.3 Å². The van der Waals surface area contributed by atoms with E-state index in [-0.39, 0.29) is 0 Å². The van der Waals surface area contributed by atoms with Crippen molar-refractivity contribution >= 4 is 0 Å². The van der Waals surface area contributed by atoms with Crippen molar-refractivity contribution in [2.45, 2.75) is 31.2 Å². The van der Waals surface area contributed by atoms with Crippen LogP contribution in [-0.2, 0) is 18.3 Å². The fraction of sp³-hybridized carbons (Fsp3) is 0.368. The van der Waals surface area contributed by atoms with Crippen LogP contribution in [0.15, 0.2) is 54.6 Å². The highest BCUT2D eigenvalue weighted by Gasteiger charge is 2.37. The summed E-state index contributed by atoms with van der Waals surface area (Å²) in [6.45, 7) is 1.85. The molecule has 1 saturated heterocycles. The van der Waals surface area contributed by atoms with E-state index in [1.54, 1.807) is 6.07 Å². The van der Waals surface area contributed by atoms with Crippen LogP contribution < -0.4 is 0 Å². The van der Waals surface area contributed by atoms with Crippen LogP contribution in [-0.4, -0.2) is 23.1 Å². The van der Waals surface area contributed by atoms with Crippen LogP contribution in [0.1, 0.15) is 29.5 Å². The number of β-amino-alcohol motifs (C(OH)–C–C–N with tert-alkyl or cyclic N) is 1. The van der Waals surface area contributed by atoms with Gasteiger partial charge >= 0.3 is 6.18 Å². The lowest BCUT2D eigenvalue weighted by atomic mass is 9.85. The molecule has 0 aromatic heterocycles. The predicted molar refractivity (Wildman–Crippen MR) is 86.3 cm³/mol. The van der Waals surface area contributed by atoms with Crippen LogP contribution in [0.3, 0.4) is 0 Å². The Morgan fingerprint density at radius 1 is 1.04 bits per heavy atom. The van der Waals surface area contributed by atoms with Gasteiger partial charge in [-0.15, -0.1) is 0 Å². The van der Waals surface area contributed by atoms with Gasteiger partial charge in [-0.1, -0.05) is 42.5 Å². The highest BCUT2D eigenvalue weighted by atomic mass is 19.4. The number of benzene rings is 2. The number of nitrogens with zero attached hydrogens (tertiary/aromatic N) is 1. The molecule has 5 heteroatoms. The second-order valence-corrected chi connectivity index (χ2v) is 6.41. The first-order valence-corrected chi connectivity index (χ1v) is 8.03. The minimum atomic E-state index is -4.40. The first-order valence-electron chi connectivity index (χ1n) is 8.03. The predicted octanol–water partition coefficient (Wildman–Crippen LogP) is 4.19. The molecule has 1 atom stereocenters. The number of likely N-dealkylation sites (tertiary alicyclic amines) is 1. The molecule has 1 aliphatic heterocycles. The topological polar surface area (TPSA) is 23.5 Å². The molecule has 24 heavy (non-hydrogen) atoms. The summed E-state index contributed by atoms with van der Waals surface area (Å²) in [5, 5.41) is 11.0. The summed E-state index contributed by atoms with van der Waals surface area (Å²) < 4.78 is 38.8. The quantitative estimate of drug-likeness (QED) is 0.909. The van der Waals surface area contributed by atoms with Crippen molar-refractivity contribution in [2.24, 2.45) is 0 Å². The zero-order valence-electron chi connectivity index (χ0n) is 13.3. The Hall–Kier alpha value is -1.85. The summed E-state index contributed by atoms with van der Waals surface area (Å²) in [5.74, 6) is 0. The van der Waals surface area contributed by atoms with E-state index in [4.69, 9.17) is 0 Å². The van der Waals surface area contributed by atoms with E-state index in [1.165, 1.54) is 6.07 Å². The molecule has 2 nitrogen and oxygen atoms in total. The second-order valence-electron chi connectivity index (χ2n) is 6.41. The molecular formula is C19H20F3NO. The number of hydrogen-bond donors (Lipinski definition) is 1. The van der Waals surface area contributed by atoms with Crippen molar-refractivity contribution in [2.75, 3.05) is 13.1 Å². The number of alkyl halides is 3. The molecule has 1 fully saturated rings. The molecule has 1 N–H and O–H groups in total. The van der Waals surface area contributed by atoms with Gasteiger partial charge in [0, 0.05) is 13.1 Å². The van der Waals surface area contributed by atoms with Crippen LogP contribution in [0.2, 0.25) is 0 Å². The highest BCUT2D eigenvalue weighted by Crippen LogP contribution is 2.36. The van der Waals surface area contributed by atoms with E-state index in [1.807, 2.05) is 30.3 Å². The average molecular weight is 335 g/mol. The van der Waals surface area contributed by atoms with Gasteiger partial charge < -0.3 is 5.11 Å². The van der Waals surface area contributed by atoms with E-state index >= 15 is 0 Å². The molecule has 1 unspecified atom stereocenters. The Labute approximate surface area is 139 Å². The summed E-state index contributed by atoms with van der Waals surface area (Å²) >= 11 is 0. The number of hydrogen-bond acceptors (Lipinski definition) is 2. The number of halogens is 3. The molecule has 2 aromatic rings. The Bertz CT molecular complexity index is 687. The van der Waals surface area contributed by atoms with Crippen molar-refractivity contribution in [3.63, 3.8) is 0 Å². The lowest BCUT2D eigenvalue weighted by molar-refractivity contribution is -0.137. The Morgan fingerprint density at radius 3 is 2.50 bits per heavy atom. The van der Waals surface area contributed by atoms with E-state index < -0.39 is 17.3 Å². The Morgan fingerprint density at radius 2 is 1.79 bits per heavy atom. The number of piperidine rings is 1. The van der Waals surface area contributed by atoms with Gasteiger partial charge in [-0.25, -0.2) is 0 Å². The molecule has 0 saturated carbocycles. The summed E-state index contributed by atoms with van der Waals surface area (Å²) in [5.41, 5.74) is -0.483. The maximum absolute atomic E-state index is 12.9. The number of aliphatic hydroxyl groups is 1. The van der Waals surface area contributed by atoms with Gasteiger partial charge in [0.15, 0.2) is 0 Å². The molecule has 0 amide bonds. The molecule has 3 rings (SSSR count). The monoisotopic (exact) mass is 335 g/mol. The summed E-state index contributed by atoms with van der Waals surface area (Å²) in [7, 11) is 0. The normalized spacial score (nSPS) is 22.5. The van der Waals surface area contributed by atoms with Crippen LogP contribution in [0.4, 0.5) is 13.2 Å². The van der Waals surface area contributed by atoms with Gasteiger partial charge in [0.25, 0.3) is 0 Å². The van der Waals surface area contributed by atoms with Gasteiger partial charge in [0.1, 0.15) is 5.60 Å². The largest absolute Gasteiger partial charge is 0.416 e. The van der Waals surface area contributed by atoms with E-state index in [0.717, 1.165) is 30.7 Å². The summed E-state index contributed by atoms with van der Waals surface area (Å²) in [4.78, 5) is 2.10. The minimum absolute atomic E-state index is 0.337. The van der Waals surface area contributed by atoms with Gasteiger partial charge in [0.2, 0.25) is 0 Å².